The largest absolute Gasteiger partial charge is 0.394 e. The Balaban J connectivity index is 1.47. The van der Waals surface area contributed by atoms with Crippen molar-refractivity contribution in [2.75, 3.05) is 33.4 Å². The molecule has 2 heterocycles. The van der Waals surface area contributed by atoms with Crippen molar-refractivity contribution in [3.8, 4) is 11.8 Å². The number of fused-ring (bicyclic) bond motifs is 1. The molecule has 6 heteroatoms. The van der Waals surface area contributed by atoms with Gasteiger partial charge in [0.25, 0.3) is 0 Å². The molecule has 0 radical (unpaired) electrons. The van der Waals surface area contributed by atoms with Crippen LogP contribution in [0.2, 0.25) is 0 Å². The van der Waals surface area contributed by atoms with Crippen molar-refractivity contribution < 1.29 is 19.4 Å². The summed E-state index contributed by atoms with van der Waals surface area (Å²) in [6, 6.07) is 7.82. The number of rotatable bonds is 4. The first-order valence-electron chi connectivity index (χ1n) is 10.9. The summed E-state index contributed by atoms with van der Waals surface area (Å²) in [5, 5.41) is 9.90. The standard InChI is InChI=1S/C24H30N2O4/c1-30-16-23(29)25-13-20-24(21(15-27)26(20)22(28)14-25)19-11-9-18(10-12-19)8-7-17-5-3-2-4-6-17/h9-12,17,20-21,24,27H,2-6,13-16H2,1H3/t20-,21+,24+/m1/s1. The maximum atomic E-state index is 12.6. The minimum atomic E-state index is -0.235. The zero-order valence-corrected chi connectivity index (χ0v) is 17.5. The Morgan fingerprint density at radius 2 is 1.93 bits per heavy atom. The molecule has 1 N–H and O–H groups in total. The van der Waals surface area contributed by atoms with Crippen LogP contribution in [-0.4, -0.2) is 72.2 Å². The Labute approximate surface area is 178 Å². The van der Waals surface area contributed by atoms with Crippen LogP contribution in [0.15, 0.2) is 24.3 Å². The van der Waals surface area contributed by atoms with Gasteiger partial charge in [0.05, 0.1) is 25.2 Å². The molecule has 3 atom stereocenters. The number of nitrogens with zero attached hydrogens (tertiary/aromatic N) is 2. The molecule has 6 nitrogen and oxygen atoms in total. The molecule has 0 bridgehead atoms. The molecule has 0 aromatic heterocycles. The molecule has 1 saturated carbocycles. The third kappa shape index (κ3) is 4.10. The first-order valence-corrected chi connectivity index (χ1v) is 10.9. The van der Waals surface area contributed by atoms with Crippen molar-refractivity contribution in [2.45, 2.75) is 50.1 Å². The van der Waals surface area contributed by atoms with Crippen LogP contribution in [0.4, 0.5) is 0 Å². The normalized spacial score (nSPS) is 26.5. The number of hydrogen-bond acceptors (Lipinski definition) is 4. The summed E-state index contributed by atoms with van der Waals surface area (Å²) in [4.78, 5) is 28.1. The Bertz CT molecular complexity index is 835. The van der Waals surface area contributed by atoms with Gasteiger partial charge in [0.2, 0.25) is 11.8 Å². The lowest BCUT2D eigenvalue weighted by Gasteiger charge is -2.58. The minimum Gasteiger partial charge on any atom is -0.394 e. The number of piperazine rings is 1. The highest BCUT2D eigenvalue weighted by atomic mass is 16.5. The van der Waals surface area contributed by atoms with E-state index in [1.54, 1.807) is 9.80 Å². The van der Waals surface area contributed by atoms with Crippen LogP contribution in [0, 0.1) is 17.8 Å². The first-order chi connectivity index (χ1) is 14.6. The van der Waals surface area contributed by atoms with E-state index >= 15 is 0 Å². The van der Waals surface area contributed by atoms with E-state index in [1.807, 2.05) is 12.1 Å². The molecule has 30 heavy (non-hydrogen) atoms. The van der Waals surface area contributed by atoms with Gasteiger partial charge in [-0.2, -0.15) is 0 Å². The van der Waals surface area contributed by atoms with E-state index in [-0.39, 0.29) is 49.6 Å². The molecular weight excluding hydrogens is 380 g/mol. The highest BCUT2D eigenvalue weighted by molar-refractivity contribution is 5.88. The van der Waals surface area contributed by atoms with Crippen molar-refractivity contribution in [3.63, 3.8) is 0 Å². The van der Waals surface area contributed by atoms with E-state index in [9.17, 15) is 14.7 Å². The van der Waals surface area contributed by atoms with Gasteiger partial charge in [-0.15, -0.1) is 0 Å². The van der Waals surface area contributed by atoms with Crippen LogP contribution in [0.5, 0.6) is 0 Å². The summed E-state index contributed by atoms with van der Waals surface area (Å²) in [7, 11) is 1.47. The van der Waals surface area contributed by atoms with Crippen LogP contribution < -0.4 is 0 Å². The highest BCUT2D eigenvalue weighted by Crippen LogP contribution is 2.42. The Kier molecular flexibility index (Phi) is 6.40. The average molecular weight is 411 g/mol. The van der Waals surface area contributed by atoms with Gasteiger partial charge in [0, 0.05) is 31.1 Å². The monoisotopic (exact) mass is 410 g/mol. The second kappa shape index (κ2) is 9.20. The predicted octanol–water partition coefficient (Wildman–Crippen LogP) is 1.76. The van der Waals surface area contributed by atoms with Crippen LogP contribution in [0.25, 0.3) is 0 Å². The fourth-order valence-corrected chi connectivity index (χ4v) is 5.13. The van der Waals surface area contributed by atoms with Crippen LogP contribution in [0.1, 0.15) is 49.1 Å². The van der Waals surface area contributed by atoms with Gasteiger partial charge in [-0.05, 0) is 30.5 Å². The molecule has 1 aromatic carbocycles. The molecule has 2 amide bonds. The lowest BCUT2D eigenvalue weighted by molar-refractivity contribution is -0.168. The van der Waals surface area contributed by atoms with E-state index in [1.165, 1.54) is 39.2 Å². The quantitative estimate of drug-likeness (QED) is 0.768. The highest BCUT2D eigenvalue weighted by Gasteiger charge is 2.54. The average Bonchev–Trinajstić information content (AvgIpc) is 2.75. The maximum absolute atomic E-state index is 12.6. The second-order valence-corrected chi connectivity index (χ2v) is 8.58. The number of amides is 2. The maximum Gasteiger partial charge on any atom is 0.249 e. The Hall–Kier alpha value is -2.36. The van der Waals surface area contributed by atoms with E-state index in [0.29, 0.717) is 12.5 Å². The molecule has 0 spiro atoms. The summed E-state index contributed by atoms with van der Waals surface area (Å²) in [5.41, 5.74) is 2.07. The molecule has 0 unspecified atom stereocenters. The number of aliphatic hydroxyl groups is 1. The van der Waals surface area contributed by atoms with E-state index in [2.05, 4.69) is 24.0 Å². The molecule has 2 saturated heterocycles. The fourth-order valence-electron chi connectivity index (χ4n) is 5.13. The zero-order chi connectivity index (χ0) is 21.1. The fraction of sp³-hybridized carbons (Fsp3) is 0.583. The van der Waals surface area contributed by atoms with Gasteiger partial charge in [0.15, 0.2) is 0 Å². The van der Waals surface area contributed by atoms with Crippen LogP contribution >= 0.6 is 0 Å². The number of benzene rings is 1. The van der Waals surface area contributed by atoms with Gasteiger partial charge in [-0.3, -0.25) is 9.59 Å². The van der Waals surface area contributed by atoms with Gasteiger partial charge in [0.1, 0.15) is 6.61 Å². The van der Waals surface area contributed by atoms with E-state index < -0.39 is 0 Å². The van der Waals surface area contributed by atoms with E-state index in [0.717, 1.165) is 11.1 Å². The predicted molar refractivity (Wildman–Crippen MR) is 113 cm³/mol. The van der Waals surface area contributed by atoms with Gasteiger partial charge >= 0.3 is 0 Å². The number of carbonyl (C=O) groups excluding carboxylic acids is 2. The number of methoxy groups -OCH3 is 1. The lowest BCUT2D eigenvalue weighted by atomic mass is 9.73. The van der Waals surface area contributed by atoms with Gasteiger partial charge in [-0.25, -0.2) is 0 Å². The summed E-state index contributed by atoms with van der Waals surface area (Å²) in [5.74, 6) is 6.97. The second-order valence-electron chi connectivity index (χ2n) is 8.58. The molecular formula is C24H30N2O4. The van der Waals surface area contributed by atoms with Gasteiger partial charge in [-0.1, -0.05) is 43.2 Å². The number of aliphatic hydroxyl groups excluding tert-OH is 1. The summed E-state index contributed by atoms with van der Waals surface area (Å²) >= 11 is 0. The smallest absolute Gasteiger partial charge is 0.249 e. The number of carbonyl (C=O) groups is 2. The molecule has 4 rings (SSSR count). The van der Waals surface area contributed by atoms with Gasteiger partial charge < -0.3 is 19.6 Å². The SMILES string of the molecule is COCC(=O)N1CC(=O)N2[C@H](C1)[C@H](c1ccc(C#CC3CCCCC3)cc1)[C@@H]2CO. The first kappa shape index (κ1) is 20.9. The van der Waals surface area contributed by atoms with E-state index in [4.69, 9.17) is 4.74 Å². The third-order valence-corrected chi connectivity index (χ3v) is 6.69. The molecule has 1 aliphatic carbocycles. The topological polar surface area (TPSA) is 70.1 Å². The van der Waals surface area contributed by atoms with Crippen molar-refractivity contribution in [1.82, 2.24) is 9.80 Å². The van der Waals surface area contributed by atoms with Crippen molar-refractivity contribution in [2.24, 2.45) is 5.92 Å². The summed E-state index contributed by atoms with van der Waals surface area (Å²) < 4.78 is 4.94. The van der Waals surface area contributed by atoms with Crippen molar-refractivity contribution >= 4 is 11.8 Å². The van der Waals surface area contributed by atoms with Crippen molar-refractivity contribution in [1.29, 1.82) is 0 Å². The summed E-state index contributed by atoms with van der Waals surface area (Å²) in [6.45, 7) is 0.417. The van der Waals surface area contributed by atoms with Crippen LogP contribution in [-0.2, 0) is 14.3 Å². The third-order valence-electron chi connectivity index (χ3n) is 6.69. The van der Waals surface area contributed by atoms with Crippen molar-refractivity contribution in [3.05, 3.63) is 35.4 Å². The number of ether oxygens (including phenoxy) is 1. The minimum absolute atomic E-state index is 0.0115. The molecule has 1 aromatic rings. The molecule has 3 fully saturated rings. The molecule has 2 aliphatic heterocycles. The lowest BCUT2D eigenvalue weighted by Crippen LogP contribution is -2.73. The Morgan fingerprint density at radius 1 is 1.20 bits per heavy atom. The molecule has 3 aliphatic rings. The Morgan fingerprint density at radius 3 is 2.60 bits per heavy atom. The summed E-state index contributed by atoms with van der Waals surface area (Å²) in [6.07, 6.45) is 6.30. The molecule has 160 valence electrons. The number of hydrogen-bond donors (Lipinski definition) is 1. The zero-order valence-electron chi connectivity index (χ0n) is 17.5. The van der Waals surface area contributed by atoms with Crippen LogP contribution in [0.3, 0.4) is 0 Å².